The average Bonchev–Trinajstić information content (AvgIpc) is 2.64. The highest BCUT2D eigenvalue weighted by atomic mass is 16.1. The molecule has 140 valence electrons. The Hall–Kier alpha value is -2.63. The first-order chi connectivity index (χ1) is 12.5. The minimum absolute atomic E-state index is 0.262. The summed E-state index contributed by atoms with van der Waals surface area (Å²) in [5.74, 6) is 1.06. The van der Waals surface area contributed by atoms with Crippen LogP contribution in [0.4, 0.5) is 17.2 Å². The lowest BCUT2D eigenvalue weighted by molar-refractivity contribution is 0.102. The molecule has 6 nitrogen and oxygen atoms in total. The van der Waals surface area contributed by atoms with Crippen molar-refractivity contribution in [3.8, 4) is 0 Å². The van der Waals surface area contributed by atoms with Gasteiger partial charge in [0.15, 0.2) is 5.69 Å². The molecule has 0 saturated heterocycles. The Morgan fingerprint density at radius 1 is 1.04 bits per heavy atom. The summed E-state index contributed by atoms with van der Waals surface area (Å²) in [6.45, 7) is 11.4. The van der Waals surface area contributed by atoms with E-state index in [1.807, 2.05) is 24.3 Å². The van der Waals surface area contributed by atoms with E-state index in [0.717, 1.165) is 37.4 Å². The Morgan fingerprint density at radius 2 is 1.73 bits per heavy atom. The van der Waals surface area contributed by atoms with Crippen LogP contribution in [0.1, 0.15) is 44.6 Å². The normalized spacial score (nSPS) is 10.7. The molecule has 26 heavy (non-hydrogen) atoms. The van der Waals surface area contributed by atoms with E-state index in [2.05, 4.69) is 53.4 Å². The summed E-state index contributed by atoms with van der Waals surface area (Å²) in [7, 11) is 0. The molecule has 0 bridgehead atoms. The summed E-state index contributed by atoms with van der Waals surface area (Å²) < 4.78 is 0. The van der Waals surface area contributed by atoms with Crippen LogP contribution in [-0.4, -0.2) is 35.7 Å². The zero-order chi connectivity index (χ0) is 18.9. The van der Waals surface area contributed by atoms with Gasteiger partial charge in [-0.25, -0.2) is 0 Å². The Kier molecular flexibility index (Phi) is 7.38. The van der Waals surface area contributed by atoms with Crippen LogP contribution in [0.3, 0.4) is 0 Å². The van der Waals surface area contributed by atoms with Gasteiger partial charge in [-0.3, -0.25) is 4.79 Å². The third kappa shape index (κ3) is 5.72. The summed E-state index contributed by atoms with van der Waals surface area (Å²) >= 11 is 0. The number of benzene rings is 1. The van der Waals surface area contributed by atoms with Crippen LogP contribution in [-0.2, 0) is 0 Å². The van der Waals surface area contributed by atoms with Gasteiger partial charge in [-0.05, 0) is 62.6 Å². The highest BCUT2D eigenvalue weighted by Crippen LogP contribution is 2.18. The van der Waals surface area contributed by atoms with Crippen LogP contribution in [0.2, 0.25) is 0 Å². The Morgan fingerprint density at radius 3 is 2.27 bits per heavy atom. The molecule has 2 rings (SSSR count). The third-order valence-electron chi connectivity index (χ3n) is 4.18. The molecular weight excluding hydrogens is 326 g/mol. The van der Waals surface area contributed by atoms with Crippen LogP contribution < -0.4 is 15.5 Å². The number of anilines is 3. The maximum Gasteiger partial charge on any atom is 0.276 e. The molecule has 6 heteroatoms. The number of carbonyl (C=O) groups excluding carboxylic acids is 1. The van der Waals surface area contributed by atoms with Crippen LogP contribution in [0.15, 0.2) is 36.4 Å². The van der Waals surface area contributed by atoms with Gasteiger partial charge < -0.3 is 15.5 Å². The summed E-state index contributed by atoms with van der Waals surface area (Å²) in [4.78, 5) is 14.6. The zero-order valence-electron chi connectivity index (χ0n) is 16.1. The fourth-order valence-electron chi connectivity index (χ4n) is 2.58. The SMILES string of the molecule is CCN(CC)c1ccc(NC(=O)c2ccc(NCCC(C)C)nn2)cc1. The number of carbonyl (C=O) groups is 1. The molecule has 1 heterocycles. The number of nitrogens with zero attached hydrogens (tertiary/aromatic N) is 3. The smallest absolute Gasteiger partial charge is 0.276 e. The number of aromatic nitrogens is 2. The molecule has 0 unspecified atom stereocenters. The van der Waals surface area contributed by atoms with Gasteiger partial charge in [0.05, 0.1) is 0 Å². The van der Waals surface area contributed by atoms with Crippen molar-refractivity contribution in [2.75, 3.05) is 35.2 Å². The summed E-state index contributed by atoms with van der Waals surface area (Å²) in [5.41, 5.74) is 2.18. The van der Waals surface area contributed by atoms with Crippen LogP contribution in [0.5, 0.6) is 0 Å². The molecule has 2 N–H and O–H groups in total. The maximum atomic E-state index is 12.3. The first-order valence-corrected chi connectivity index (χ1v) is 9.27. The number of hydrogen-bond donors (Lipinski definition) is 2. The first kappa shape index (κ1) is 19.7. The van der Waals surface area contributed by atoms with Gasteiger partial charge in [0.25, 0.3) is 5.91 Å². The molecule has 2 aromatic rings. The number of amides is 1. The maximum absolute atomic E-state index is 12.3. The highest BCUT2D eigenvalue weighted by Gasteiger charge is 2.09. The topological polar surface area (TPSA) is 70.2 Å². The van der Waals surface area contributed by atoms with Gasteiger partial charge >= 0.3 is 0 Å². The highest BCUT2D eigenvalue weighted by molar-refractivity contribution is 6.02. The third-order valence-corrected chi connectivity index (χ3v) is 4.18. The quantitative estimate of drug-likeness (QED) is 0.710. The summed E-state index contributed by atoms with van der Waals surface area (Å²) in [5, 5.41) is 14.1. The van der Waals surface area contributed by atoms with Crippen molar-refractivity contribution in [3.05, 3.63) is 42.1 Å². The van der Waals surface area contributed by atoms with E-state index in [9.17, 15) is 4.79 Å². The second-order valence-electron chi connectivity index (χ2n) is 6.59. The van der Waals surface area contributed by atoms with Gasteiger partial charge in [-0.2, -0.15) is 0 Å². The van der Waals surface area contributed by atoms with E-state index in [1.165, 1.54) is 0 Å². The minimum Gasteiger partial charge on any atom is -0.372 e. The minimum atomic E-state index is -0.262. The van der Waals surface area contributed by atoms with Crippen molar-refractivity contribution in [2.24, 2.45) is 5.92 Å². The Bertz CT molecular complexity index is 678. The molecule has 1 aromatic carbocycles. The van der Waals surface area contributed by atoms with Gasteiger partial charge in [-0.15, -0.1) is 10.2 Å². The van der Waals surface area contributed by atoms with Crippen LogP contribution in [0.25, 0.3) is 0 Å². The second kappa shape index (κ2) is 9.75. The van der Waals surface area contributed by atoms with Crippen molar-refractivity contribution < 1.29 is 4.79 Å². The standard InChI is InChI=1S/C20H29N5O/c1-5-25(6-2)17-9-7-16(8-10-17)22-20(26)18-11-12-19(24-23-18)21-14-13-15(3)4/h7-12,15H,5-6,13-14H2,1-4H3,(H,21,24)(H,22,26). The first-order valence-electron chi connectivity index (χ1n) is 9.27. The molecule has 0 radical (unpaired) electrons. The van der Waals surface area contributed by atoms with Crippen molar-refractivity contribution in [2.45, 2.75) is 34.1 Å². The molecule has 0 spiro atoms. The zero-order valence-corrected chi connectivity index (χ0v) is 16.1. The molecule has 0 aliphatic rings. The van der Waals surface area contributed by atoms with Crippen LogP contribution >= 0.6 is 0 Å². The van der Waals surface area contributed by atoms with Gasteiger partial charge in [0.1, 0.15) is 5.82 Å². The monoisotopic (exact) mass is 355 g/mol. The lowest BCUT2D eigenvalue weighted by atomic mass is 10.1. The van der Waals surface area contributed by atoms with Crippen LogP contribution in [0, 0.1) is 5.92 Å². The van der Waals surface area contributed by atoms with E-state index in [1.54, 1.807) is 12.1 Å². The average molecular weight is 355 g/mol. The van der Waals surface area contributed by atoms with Crippen molar-refractivity contribution >= 4 is 23.1 Å². The van der Waals surface area contributed by atoms with Gasteiger partial charge in [-0.1, -0.05) is 13.8 Å². The predicted octanol–water partition coefficient (Wildman–Crippen LogP) is 4.03. The van der Waals surface area contributed by atoms with Crippen molar-refractivity contribution in [3.63, 3.8) is 0 Å². The molecule has 0 atom stereocenters. The number of hydrogen-bond acceptors (Lipinski definition) is 5. The lowest BCUT2D eigenvalue weighted by Gasteiger charge is -2.21. The van der Waals surface area contributed by atoms with Gasteiger partial charge in [0, 0.05) is 31.0 Å². The summed E-state index contributed by atoms with van der Waals surface area (Å²) in [6.07, 6.45) is 1.06. The molecule has 1 amide bonds. The fraction of sp³-hybridized carbons (Fsp3) is 0.450. The van der Waals surface area contributed by atoms with E-state index in [4.69, 9.17) is 0 Å². The lowest BCUT2D eigenvalue weighted by Crippen LogP contribution is -2.21. The molecule has 0 aliphatic carbocycles. The summed E-state index contributed by atoms with van der Waals surface area (Å²) in [6, 6.07) is 11.3. The van der Waals surface area contributed by atoms with Gasteiger partial charge in [0.2, 0.25) is 0 Å². The molecule has 0 saturated carbocycles. The Labute approximate surface area is 156 Å². The van der Waals surface area contributed by atoms with Crippen molar-refractivity contribution in [1.29, 1.82) is 0 Å². The predicted molar refractivity (Wildman–Crippen MR) is 108 cm³/mol. The van der Waals surface area contributed by atoms with Crippen molar-refractivity contribution in [1.82, 2.24) is 10.2 Å². The molecule has 0 aliphatic heterocycles. The van der Waals surface area contributed by atoms with E-state index in [0.29, 0.717) is 17.4 Å². The largest absolute Gasteiger partial charge is 0.372 e. The number of nitrogens with one attached hydrogen (secondary N) is 2. The fourth-order valence-corrected chi connectivity index (χ4v) is 2.58. The van der Waals surface area contributed by atoms with E-state index < -0.39 is 0 Å². The molecule has 0 fully saturated rings. The van der Waals surface area contributed by atoms with E-state index >= 15 is 0 Å². The molecular formula is C20H29N5O. The number of rotatable bonds is 9. The van der Waals surface area contributed by atoms with E-state index in [-0.39, 0.29) is 5.91 Å². The Balaban J connectivity index is 1.92. The second-order valence-corrected chi connectivity index (χ2v) is 6.59. The molecule has 1 aromatic heterocycles.